The number of hydrogen-bond donors (Lipinski definition) is 1. The molecule has 1 heterocycles. The maximum Gasteiger partial charge on any atom is 0.306 e. The lowest BCUT2D eigenvalue weighted by Gasteiger charge is -2.25. The molecule has 1 fully saturated rings. The van der Waals surface area contributed by atoms with E-state index in [1.54, 1.807) is 0 Å². The Bertz CT molecular complexity index is 342. The second-order valence-corrected chi connectivity index (χ2v) is 8.37. The zero-order chi connectivity index (χ0) is 18.9. The number of esters is 1. The van der Waals surface area contributed by atoms with Crippen molar-refractivity contribution < 1.29 is 14.6 Å². The van der Waals surface area contributed by atoms with Crippen LogP contribution in [0.4, 0.5) is 0 Å². The van der Waals surface area contributed by atoms with Gasteiger partial charge in [-0.05, 0) is 19.3 Å². The molecular weight excluding hydrogens is 324 g/mol. The second kappa shape index (κ2) is 15.5. The Morgan fingerprint density at radius 2 is 1.19 bits per heavy atom. The molecule has 1 aliphatic rings. The molecule has 0 amide bonds. The predicted octanol–water partition coefficient (Wildman–Crippen LogP) is 6.71. The first-order chi connectivity index (χ1) is 12.7. The van der Waals surface area contributed by atoms with E-state index in [4.69, 9.17) is 4.74 Å². The van der Waals surface area contributed by atoms with Gasteiger partial charge in [-0.2, -0.15) is 0 Å². The van der Waals surface area contributed by atoms with E-state index in [2.05, 4.69) is 6.92 Å². The van der Waals surface area contributed by atoms with Crippen molar-refractivity contribution in [2.45, 2.75) is 135 Å². The van der Waals surface area contributed by atoms with Gasteiger partial charge >= 0.3 is 5.97 Å². The lowest BCUT2D eigenvalue weighted by Crippen LogP contribution is -2.32. The van der Waals surface area contributed by atoms with Crippen LogP contribution in [0.25, 0.3) is 0 Å². The van der Waals surface area contributed by atoms with E-state index < -0.39 is 5.60 Å². The molecule has 0 aromatic carbocycles. The molecule has 0 bridgehead atoms. The lowest BCUT2D eigenvalue weighted by molar-refractivity contribution is -0.152. The van der Waals surface area contributed by atoms with Crippen molar-refractivity contribution in [2.24, 2.45) is 0 Å². The number of aliphatic hydroxyl groups is 1. The number of hydrogen-bond acceptors (Lipinski definition) is 3. The molecule has 0 aliphatic carbocycles. The van der Waals surface area contributed by atoms with Crippen LogP contribution in [-0.2, 0) is 9.53 Å². The zero-order valence-corrected chi connectivity index (χ0v) is 17.4. The largest absolute Gasteiger partial charge is 0.457 e. The van der Waals surface area contributed by atoms with E-state index in [-0.39, 0.29) is 12.6 Å². The summed E-state index contributed by atoms with van der Waals surface area (Å²) in [5, 5.41) is 9.48. The van der Waals surface area contributed by atoms with Crippen LogP contribution in [0.1, 0.15) is 129 Å². The van der Waals surface area contributed by atoms with Gasteiger partial charge in [0.1, 0.15) is 5.60 Å². The molecule has 0 aromatic heterocycles. The molecule has 3 heteroatoms. The van der Waals surface area contributed by atoms with Crippen molar-refractivity contribution in [1.82, 2.24) is 0 Å². The van der Waals surface area contributed by atoms with E-state index in [0.29, 0.717) is 12.8 Å². The number of ether oxygens (including phenoxy) is 1. The van der Waals surface area contributed by atoms with E-state index in [0.717, 1.165) is 12.8 Å². The molecular formula is C23H44O3. The van der Waals surface area contributed by atoms with Crippen LogP contribution in [0.2, 0.25) is 0 Å². The van der Waals surface area contributed by atoms with Crippen molar-refractivity contribution >= 4 is 5.97 Å². The van der Waals surface area contributed by atoms with Crippen molar-refractivity contribution in [3.8, 4) is 0 Å². The molecule has 1 N–H and O–H groups in total. The average Bonchev–Trinajstić information content (AvgIpc) is 3.03. The third-order valence-corrected chi connectivity index (χ3v) is 5.89. The number of carbonyl (C=O) groups is 1. The third kappa shape index (κ3) is 11.2. The topological polar surface area (TPSA) is 46.5 Å². The number of unbranched alkanes of at least 4 members (excludes halogenated alkanes) is 15. The van der Waals surface area contributed by atoms with Crippen LogP contribution in [0.3, 0.4) is 0 Å². The standard InChI is InChI=1S/C23H44O3/c1-2-3-4-5-6-7-8-9-10-11-12-13-14-15-16-17-19-23(21-24)20-18-22(25)26-23/h24H,2-21H2,1H3. The highest BCUT2D eigenvalue weighted by Gasteiger charge is 2.39. The van der Waals surface area contributed by atoms with Gasteiger partial charge in [-0.15, -0.1) is 0 Å². The summed E-state index contributed by atoms with van der Waals surface area (Å²) in [4.78, 5) is 11.3. The maximum absolute atomic E-state index is 11.3. The SMILES string of the molecule is CCCCCCCCCCCCCCCCCCC1(CO)CCC(=O)O1. The molecule has 26 heavy (non-hydrogen) atoms. The summed E-state index contributed by atoms with van der Waals surface area (Å²) in [6.45, 7) is 2.26. The van der Waals surface area contributed by atoms with Crippen LogP contribution >= 0.6 is 0 Å². The normalized spacial score (nSPS) is 19.8. The number of rotatable bonds is 18. The van der Waals surface area contributed by atoms with Crippen molar-refractivity contribution in [3.05, 3.63) is 0 Å². The summed E-state index contributed by atoms with van der Waals surface area (Å²) in [6, 6.07) is 0. The lowest BCUT2D eigenvalue weighted by atomic mass is 9.93. The highest BCUT2D eigenvalue weighted by molar-refractivity contribution is 5.72. The maximum atomic E-state index is 11.3. The molecule has 0 radical (unpaired) electrons. The first-order valence-electron chi connectivity index (χ1n) is 11.5. The Morgan fingerprint density at radius 3 is 1.54 bits per heavy atom. The zero-order valence-electron chi connectivity index (χ0n) is 17.4. The molecule has 1 unspecified atom stereocenters. The average molecular weight is 369 g/mol. The van der Waals surface area contributed by atoms with Gasteiger partial charge in [-0.3, -0.25) is 4.79 Å². The van der Waals surface area contributed by atoms with Crippen molar-refractivity contribution in [1.29, 1.82) is 0 Å². The van der Waals surface area contributed by atoms with Crippen LogP contribution in [0.5, 0.6) is 0 Å². The van der Waals surface area contributed by atoms with Crippen LogP contribution in [0.15, 0.2) is 0 Å². The van der Waals surface area contributed by atoms with Gasteiger partial charge in [0, 0.05) is 6.42 Å². The number of carbonyl (C=O) groups excluding carboxylic acids is 1. The molecule has 3 nitrogen and oxygen atoms in total. The van der Waals surface area contributed by atoms with Gasteiger partial charge in [-0.1, -0.05) is 103 Å². The molecule has 1 atom stereocenters. The fraction of sp³-hybridized carbons (Fsp3) is 0.957. The van der Waals surface area contributed by atoms with E-state index in [1.807, 2.05) is 0 Å². The fourth-order valence-electron chi connectivity index (χ4n) is 4.04. The van der Waals surface area contributed by atoms with E-state index in [9.17, 15) is 9.90 Å². The van der Waals surface area contributed by atoms with E-state index in [1.165, 1.54) is 96.3 Å². The van der Waals surface area contributed by atoms with Gasteiger partial charge in [0.2, 0.25) is 0 Å². The quantitative estimate of drug-likeness (QED) is 0.216. The highest BCUT2D eigenvalue weighted by atomic mass is 16.6. The first kappa shape index (κ1) is 23.5. The molecule has 0 aromatic rings. The van der Waals surface area contributed by atoms with Gasteiger partial charge < -0.3 is 9.84 Å². The van der Waals surface area contributed by atoms with Crippen LogP contribution in [-0.4, -0.2) is 23.3 Å². The molecule has 1 saturated heterocycles. The molecule has 154 valence electrons. The highest BCUT2D eigenvalue weighted by Crippen LogP contribution is 2.31. The Hall–Kier alpha value is -0.570. The smallest absolute Gasteiger partial charge is 0.306 e. The van der Waals surface area contributed by atoms with Gasteiger partial charge in [0.25, 0.3) is 0 Å². The summed E-state index contributed by atoms with van der Waals surface area (Å²) < 4.78 is 5.33. The summed E-state index contributed by atoms with van der Waals surface area (Å²) in [7, 11) is 0. The molecule has 1 rings (SSSR count). The van der Waals surface area contributed by atoms with Gasteiger partial charge in [0.05, 0.1) is 6.61 Å². The number of cyclic esters (lactones) is 1. The Balaban J connectivity index is 1.78. The van der Waals surface area contributed by atoms with E-state index >= 15 is 0 Å². The summed E-state index contributed by atoms with van der Waals surface area (Å²) >= 11 is 0. The third-order valence-electron chi connectivity index (χ3n) is 5.89. The van der Waals surface area contributed by atoms with Crippen molar-refractivity contribution in [2.75, 3.05) is 6.61 Å². The minimum absolute atomic E-state index is 0.0164. The monoisotopic (exact) mass is 368 g/mol. The molecule has 0 spiro atoms. The van der Waals surface area contributed by atoms with Gasteiger partial charge in [0.15, 0.2) is 0 Å². The first-order valence-corrected chi connectivity index (χ1v) is 11.5. The molecule has 0 saturated carbocycles. The van der Waals surface area contributed by atoms with Crippen molar-refractivity contribution in [3.63, 3.8) is 0 Å². The summed E-state index contributed by atoms with van der Waals surface area (Å²) in [6.07, 6.45) is 23.8. The fourth-order valence-corrected chi connectivity index (χ4v) is 4.04. The van der Waals surface area contributed by atoms with Crippen LogP contribution < -0.4 is 0 Å². The summed E-state index contributed by atoms with van der Waals surface area (Å²) in [5.41, 5.74) is -0.549. The minimum Gasteiger partial charge on any atom is -0.457 e. The molecule has 1 aliphatic heterocycles. The van der Waals surface area contributed by atoms with Crippen LogP contribution in [0, 0.1) is 0 Å². The Morgan fingerprint density at radius 1 is 0.769 bits per heavy atom. The predicted molar refractivity (Wildman–Crippen MR) is 109 cm³/mol. The Labute approximate surface area is 162 Å². The minimum atomic E-state index is -0.549. The summed E-state index contributed by atoms with van der Waals surface area (Å²) in [5.74, 6) is -0.143. The number of aliphatic hydroxyl groups excluding tert-OH is 1. The second-order valence-electron chi connectivity index (χ2n) is 8.37. The Kier molecular flexibility index (Phi) is 14.0. The van der Waals surface area contributed by atoms with Gasteiger partial charge in [-0.25, -0.2) is 0 Å².